The van der Waals surface area contributed by atoms with Gasteiger partial charge in [0.05, 0.1) is 31.8 Å². The molecule has 136 valence electrons. The van der Waals surface area contributed by atoms with Crippen LogP contribution in [0, 0.1) is 0 Å². The SMILES string of the molecule is O=C(Cc1ccc2c(c1)OCO2)N1CC[C@@](O)(CN2CCOCC2)C1. The smallest absolute Gasteiger partial charge is 0.231 e. The number of fused-ring (bicyclic) bond motifs is 1. The minimum absolute atomic E-state index is 0.0387. The normalized spacial score (nSPS) is 26.2. The zero-order valence-corrected chi connectivity index (χ0v) is 14.3. The second-order valence-corrected chi connectivity index (χ2v) is 7.04. The lowest BCUT2D eigenvalue weighted by Crippen LogP contribution is -2.49. The van der Waals surface area contributed by atoms with E-state index in [-0.39, 0.29) is 12.7 Å². The van der Waals surface area contributed by atoms with Crippen LogP contribution in [0.1, 0.15) is 12.0 Å². The number of hydrogen-bond donors (Lipinski definition) is 1. The molecule has 25 heavy (non-hydrogen) atoms. The predicted octanol–water partition coefficient (Wildman–Crippen LogP) is 0.253. The third-order valence-corrected chi connectivity index (χ3v) is 5.10. The number of amides is 1. The van der Waals surface area contributed by atoms with Crippen molar-refractivity contribution in [3.05, 3.63) is 23.8 Å². The molecule has 2 saturated heterocycles. The van der Waals surface area contributed by atoms with Gasteiger partial charge in [-0.15, -0.1) is 0 Å². The largest absolute Gasteiger partial charge is 0.454 e. The molecule has 1 aromatic rings. The molecule has 2 fully saturated rings. The Bertz CT molecular complexity index is 646. The van der Waals surface area contributed by atoms with Gasteiger partial charge in [0.1, 0.15) is 0 Å². The van der Waals surface area contributed by atoms with Crippen LogP contribution < -0.4 is 9.47 Å². The average molecular weight is 348 g/mol. The Hall–Kier alpha value is -1.83. The van der Waals surface area contributed by atoms with Crippen LogP contribution in [0.25, 0.3) is 0 Å². The molecule has 0 spiro atoms. The van der Waals surface area contributed by atoms with E-state index in [4.69, 9.17) is 14.2 Å². The maximum absolute atomic E-state index is 12.6. The minimum Gasteiger partial charge on any atom is -0.454 e. The van der Waals surface area contributed by atoms with E-state index in [0.717, 1.165) is 24.4 Å². The average Bonchev–Trinajstić information content (AvgIpc) is 3.22. The summed E-state index contributed by atoms with van der Waals surface area (Å²) in [5.74, 6) is 1.45. The number of likely N-dealkylation sites (tertiary alicyclic amines) is 1. The first-order valence-corrected chi connectivity index (χ1v) is 8.80. The Labute approximate surface area is 147 Å². The second kappa shape index (κ2) is 6.82. The lowest BCUT2D eigenvalue weighted by molar-refractivity contribution is -0.130. The summed E-state index contributed by atoms with van der Waals surface area (Å²) in [7, 11) is 0. The molecule has 4 rings (SSSR count). The van der Waals surface area contributed by atoms with Gasteiger partial charge in [-0.25, -0.2) is 0 Å². The highest BCUT2D eigenvalue weighted by atomic mass is 16.7. The number of aliphatic hydroxyl groups is 1. The van der Waals surface area contributed by atoms with Crippen LogP contribution in [-0.4, -0.2) is 79.1 Å². The van der Waals surface area contributed by atoms with Gasteiger partial charge < -0.3 is 24.2 Å². The molecule has 1 atom stereocenters. The summed E-state index contributed by atoms with van der Waals surface area (Å²) in [4.78, 5) is 16.6. The first-order chi connectivity index (χ1) is 12.1. The van der Waals surface area contributed by atoms with E-state index in [0.29, 0.717) is 51.4 Å². The van der Waals surface area contributed by atoms with E-state index >= 15 is 0 Å². The van der Waals surface area contributed by atoms with E-state index in [9.17, 15) is 9.90 Å². The highest BCUT2D eigenvalue weighted by Crippen LogP contribution is 2.33. The van der Waals surface area contributed by atoms with Gasteiger partial charge in [0.2, 0.25) is 12.7 Å². The van der Waals surface area contributed by atoms with Gasteiger partial charge in [-0.2, -0.15) is 0 Å². The van der Waals surface area contributed by atoms with Gasteiger partial charge in [-0.05, 0) is 24.1 Å². The van der Waals surface area contributed by atoms with Gasteiger partial charge in [0.25, 0.3) is 0 Å². The summed E-state index contributed by atoms with van der Waals surface area (Å²) < 4.78 is 16.0. The Kier molecular flexibility index (Phi) is 4.54. The van der Waals surface area contributed by atoms with Crippen LogP contribution in [-0.2, 0) is 16.0 Å². The summed E-state index contributed by atoms with van der Waals surface area (Å²) in [5, 5.41) is 10.8. The zero-order valence-electron chi connectivity index (χ0n) is 14.3. The standard InChI is InChI=1S/C18H24N2O5/c21-17(10-14-1-2-15-16(9-14)25-13-24-15)20-4-3-18(22,12-20)11-19-5-7-23-8-6-19/h1-2,9,22H,3-8,10-13H2/t18-/m1/s1. The predicted molar refractivity (Wildman–Crippen MR) is 89.7 cm³/mol. The summed E-state index contributed by atoms with van der Waals surface area (Å²) in [6.45, 7) is 4.93. The van der Waals surface area contributed by atoms with Gasteiger partial charge in [-0.1, -0.05) is 6.07 Å². The Morgan fingerprint density at radius 1 is 1.16 bits per heavy atom. The molecule has 1 aromatic carbocycles. The molecule has 0 saturated carbocycles. The van der Waals surface area contributed by atoms with E-state index in [1.807, 2.05) is 18.2 Å². The van der Waals surface area contributed by atoms with Crippen LogP contribution >= 0.6 is 0 Å². The number of benzene rings is 1. The molecule has 7 heteroatoms. The fourth-order valence-corrected chi connectivity index (χ4v) is 3.71. The van der Waals surface area contributed by atoms with Crippen LogP contribution in [0.5, 0.6) is 11.5 Å². The third kappa shape index (κ3) is 3.73. The van der Waals surface area contributed by atoms with Crippen molar-refractivity contribution in [1.82, 2.24) is 9.80 Å². The molecule has 1 amide bonds. The van der Waals surface area contributed by atoms with Crippen molar-refractivity contribution in [2.75, 3.05) is 52.7 Å². The lowest BCUT2D eigenvalue weighted by Gasteiger charge is -2.33. The third-order valence-electron chi connectivity index (χ3n) is 5.10. The van der Waals surface area contributed by atoms with Gasteiger partial charge >= 0.3 is 0 Å². The number of carbonyl (C=O) groups is 1. The Morgan fingerprint density at radius 3 is 2.80 bits per heavy atom. The first kappa shape index (κ1) is 16.6. The number of carbonyl (C=O) groups excluding carboxylic acids is 1. The lowest BCUT2D eigenvalue weighted by atomic mass is 10.0. The van der Waals surface area contributed by atoms with Crippen LogP contribution in [0.3, 0.4) is 0 Å². The van der Waals surface area contributed by atoms with Gasteiger partial charge in [0.15, 0.2) is 11.5 Å². The van der Waals surface area contributed by atoms with Crippen molar-refractivity contribution in [1.29, 1.82) is 0 Å². The molecular weight excluding hydrogens is 324 g/mol. The van der Waals surface area contributed by atoms with Gasteiger partial charge in [-0.3, -0.25) is 9.69 Å². The van der Waals surface area contributed by atoms with E-state index < -0.39 is 5.60 Å². The molecule has 0 aromatic heterocycles. The van der Waals surface area contributed by atoms with Crippen LogP contribution in [0.2, 0.25) is 0 Å². The Morgan fingerprint density at radius 2 is 1.96 bits per heavy atom. The zero-order chi connectivity index (χ0) is 17.3. The molecular formula is C18H24N2O5. The molecule has 0 unspecified atom stereocenters. The first-order valence-electron chi connectivity index (χ1n) is 8.80. The quantitative estimate of drug-likeness (QED) is 0.841. The number of nitrogens with zero attached hydrogens (tertiary/aromatic N) is 2. The molecule has 0 radical (unpaired) electrons. The van der Waals surface area contributed by atoms with E-state index in [1.165, 1.54) is 0 Å². The molecule has 1 N–H and O–H groups in total. The van der Waals surface area contributed by atoms with Gasteiger partial charge in [0, 0.05) is 26.2 Å². The number of hydrogen-bond acceptors (Lipinski definition) is 6. The maximum atomic E-state index is 12.6. The molecule has 0 bridgehead atoms. The van der Waals surface area contributed by atoms with E-state index in [1.54, 1.807) is 4.90 Å². The monoisotopic (exact) mass is 348 g/mol. The summed E-state index contributed by atoms with van der Waals surface area (Å²) in [6.07, 6.45) is 0.932. The molecule has 3 heterocycles. The minimum atomic E-state index is -0.818. The van der Waals surface area contributed by atoms with Crippen molar-refractivity contribution in [2.45, 2.75) is 18.4 Å². The number of morpholine rings is 1. The molecule has 0 aliphatic carbocycles. The van der Waals surface area contributed by atoms with E-state index in [2.05, 4.69) is 4.90 Å². The van der Waals surface area contributed by atoms with Crippen molar-refractivity contribution in [2.24, 2.45) is 0 Å². The number of β-amino-alcohol motifs (C(OH)–C–C–N with tert-alkyl or cyclic N) is 1. The highest BCUT2D eigenvalue weighted by molar-refractivity contribution is 5.79. The number of rotatable bonds is 4. The van der Waals surface area contributed by atoms with Crippen LogP contribution in [0.4, 0.5) is 0 Å². The summed E-state index contributed by atoms with van der Waals surface area (Å²) >= 11 is 0. The fourth-order valence-electron chi connectivity index (χ4n) is 3.71. The fraction of sp³-hybridized carbons (Fsp3) is 0.611. The van der Waals surface area contributed by atoms with Crippen molar-refractivity contribution in [3.63, 3.8) is 0 Å². The highest BCUT2D eigenvalue weighted by Gasteiger charge is 2.39. The topological polar surface area (TPSA) is 71.5 Å². The van der Waals surface area contributed by atoms with Crippen molar-refractivity contribution in [3.8, 4) is 11.5 Å². The maximum Gasteiger partial charge on any atom is 0.231 e. The van der Waals surface area contributed by atoms with Crippen molar-refractivity contribution >= 4 is 5.91 Å². The molecule has 3 aliphatic rings. The second-order valence-electron chi connectivity index (χ2n) is 7.04. The van der Waals surface area contributed by atoms with Crippen LogP contribution in [0.15, 0.2) is 18.2 Å². The summed E-state index contributed by atoms with van der Waals surface area (Å²) in [6, 6.07) is 5.58. The Balaban J connectivity index is 1.33. The molecule has 3 aliphatic heterocycles. The number of ether oxygens (including phenoxy) is 3. The van der Waals surface area contributed by atoms with Crippen molar-refractivity contribution < 1.29 is 24.1 Å². The summed E-state index contributed by atoms with van der Waals surface area (Å²) in [5.41, 5.74) is 0.0832. The molecule has 7 nitrogen and oxygen atoms in total.